The number of pyridine rings is 1. The Morgan fingerprint density at radius 2 is 2.03 bits per heavy atom. The molecule has 1 aliphatic rings. The molecule has 0 spiro atoms. The zero-order chi connectivity index (χ0) is 20.4. The first-order chi connectivity index (χ1) is 14.0. The van der Waals surface area contributed by atoms with E-state index in [1.54, 1.807) is 0 Å². The zero-order valence-corrected chi connectivity index (χ0v) is 16.8. The van der Waals surface area contributed by atoms with E-state index in [4.69, 9.17) is 4.52 Å². The molecule has 150 valence electrons. The van der Waals surface area contributed by atoms with E-state index >= 15 is 0 Å². The molecule has 0 unspecified atom stereocenters. The molecule has 0 saturated carbocycles. The van der Waals surface area contributed by atoms with Gasteiger partial charge in [0.05, 0.1) is 6.54 Å². The number of nitrogens with one attached hydrogen (secondary N) is 1. The van der Waals surface area contributed by atoms with Crippen LogP contribution in [0.15, 0.2) is 23.1 Å². The van der Waals surface area contributed by atoms with Crippen molar-refractivity contribution >= 4 is 11.9 Å². The van der Waals surface area contributed by atoms with Crippen molar-refractivity contribution in [2.24, 2.45) is 0 Å². The number of aromatic nitrogens is 5. The molecule has 3 aromatic heterocycles. The minimum Gasteiger partial charge on any atom is -0.347 e. The van der Waals surface area contributed by atoms with E-state index in [0.29, 0.717) is 18.3 Å². The molecule has 9 nitrogen and oxygen atoms in total. The van der Waals surface area contributed by atoms with Gasteiger partial charge >= 0.3 is 0 Å². The molecule has 1 N–H and O–H groups in total. The van der Waals surface area contributed by atoms with E-state index < -0.39 is 0 Å². The van der Waals surface area contributed by atoms with Crippen LogP contribution in [0.5, 0.6) is 0 Å². The van der Waals surface area contributed by atoms with Gasteiger partial charge in [-0.25, -0.2) is 9.97 Å². The molecule has 0 aromatic carbocycles. The maximum absolute atomic E-state index is 11.1. The second-order valence-electron chi connectivity index (χ2n) is 7.06. The van der Waals surface area contributed by atoms with Gasteiger partial charge in [0.1, 0.15) is 0 Å². The van der Waals surface area contributed by atoms with Crippen molar-refractivity contribution < 1.29 is 9.32 Å². The number of nitrogens with zero attached hydrogens (tertiary/aromatic N) is 6. The van der Waals surface area contributed by atoms with E-state index in [1.807, 2.05) is 25.5 Å². The van der Waals surface area contributed by atoms with Gasteiger partial charge in [0.25, 0.3) is 0 Å². The number of fused-ring (bicyclic) bond motifs is 1. The van der Waals surface area contributed by atoms with E-state index in [1.165, 1.54) is 12.5 Å². The summed E-state index contributed by atoms with van der Waals surface area (Å²) >= 11 is 0. The Kier molecular flexibility index (Phi) is 5.20. The van der Waals surface area contributed by atoms with Gasteiger partial charge in [0.2, 0.25) is 23.6 Å². The molecule has 4 heterocycles. The molecule has 9 heteroatoms. The molecule has 1 aliphatic heterocycles. The van der Waals surface area contributed by atoms with Crippen molar-refractivity contribution in [3.05, 3.63) is 46.9 Å². The van der Waals surface area contributed by atoms with Crippen molar-refractivity contribution in [2.45, 2.75) is 46.7 Å². The average Bonchev–Trinajstić information content (AvgIpc) is 3.20. The fourth-order valence-electron chi connectivity index (χ4n) is 3.44. The predicted octanol–water partition coefficient (Wildman–Crippen LogP) is 1.99. The highest BCUT2D eigenvalue weighted by molar-refractivity contribution is 5.72. The van der Waals surface area contributed by atoms with Crippen LogP contribution in [0.25, 0.3) is 11.4 Å². The first-order valence-electron chi connectivity index (χ1n) is 9.65. The lowest BCUT2D eigenvalue weighted by atomic mass is 9.94. The molecule has 1 amide bonds. The smallest absolute Gasteiger partial charge is 0.246 e. The van der Waals surface area contributed by atoms with Gasteiger partial charge in [-0.05, 0) is 36.5 Å². The molecule has 0 atom stereocenters. The number of anilines is 1. The number of rotatable bonds is 5. The molecule has 29 heavy (non-hydrogen) atoms. The summed E-state index contributed by atoms with van der Waals surface area (Å²) in [6.07, 6.45) is 7.39. The summed E-state index contributed by atoms with van der Waals surface area (Å²) in [5.41, 5.74) is 5.16. The van der Waals surface area contributed by atoms with Gasteiger partial charge in [-0.2, -0.15) is 4.98 Å². The molecular formula is C20H23N7O2. The Morgan fingerprint density at radius 3 is 2.76 bits per heavy atom. The van der Waals surface area contributed by atoms with Crippen molar-refractivity contribution in [3.8, 4) is 11.4 Å². The minimum absolute atomic E-state index is 0.144. The summed E-state index contributed by atoms with van der Waals surface area (Å²) in [4.78, 5) is 31.3. The van der Waals surface area contributed by atoms with Gasteiger partial charge in [0, 0.05) is 49.9 Å². The highest BCUT2D eigenvalue weighted by Gasteiger charge is 2.25. The van der Waals surface area contributed by atoms with Gasteiger partial charge in [-0.1, -0.05) is 12.1 Å². The quantitative estimate of drug-likeness (QED) is 0.701. The predicted molar refractivity (Wildman–Crippen MR) is 106 cm³/mol. The van der Waals surface area contributed by atoms with Crippen molar-refractivity contribution in [3.63, 3.8) is 0 Å². The largest absolute Gasteiger partial charge is 0.347 e. The molecule has 4 rings (SSSR count). The first kappa shape index (κ1) is 19.0. The average molecular weight is 393 g/mol. The number of amides is 1. The summed E-state index contributed by atoms with van der Waals surface area (Å²) in [5, 5.41) is 6.78. The fraction of sp³-hybridized carbons (Fsp3) is 0.400. The molecule has 0 bridgehead atoms. The normalized spacial score (nSPS) is 13.3. The van der Waals surface area contributed by atoms with Crippen molar-refractivity contribution in [1.82, 2.24) is 30.4 Å². The molecule has 0 fully saturated rings. The fourth-order valence-corrected chi connectivity index (χ4v) is 3.44. The van der Waals surface area contributed by atoms with E-state index in [0.717, 1.165) is 47.7 Å². The third kappa shape index (κ3) is 3.94. The number of carbonyl (C=O) groups is 1. The Hall–Kier alpha value is -3.36. The Morgan fingerprint density at radius 1 is 1.24 bits per heavy atom. The van der Waals surface area contributed by atoms with Crippen LogP contribution in [0.1, 0.15) is 42.1 Å². The second-order valence-corrected chi connectivity index (χ2v) is 7.06. The van der Waals surface area contributed by atoms with Crippen molar-refractivity contribution in [1.29, 1.82) is 0 Å². The van der Waals surface area contributed by atoms with E-state index in [-0.39, 0.29) is 12.5 Å². The Bertz CT molecular complexity index is 1030. The number of hydrogen-bond acceptors (Lipinski definition) is 8. The maximum atomic E-state index is 11.1. The standard InChI is InChI=1S/C20H23N7O2/c1-4-14-7-23-20(24-8-14)27-6-5-16-15(11-27)9-21-12(2)18(16)19-25-17(29-26-19)10-22-13(3)28/h7-9H,4-6,10-11H2,1-3H3,(H,22,28). The van der Waals surface area contributed by atoms with Crippen LogP contribution in [-0.2, 0) is 30.7 Å². The topological polar surface area (TPSA) is 110 Å². The highest BCUT2D eigenvalue weighted by Crippen LogP contribution is 2.31. The summed E-state index contributed by atoms with van der Waals surface area (Å²) < 4.78 is 5.29. The number of carbonyl (C=O) groups excluding carboxylic acids is 1. The summed E-state index contributed by atoms with van der Waals surface area (Å²) in [6.45, 7) is 7.17. The van der Waals surface area contributed by atoms with E-state index in [9.17, 15) is 4.79 Å². The third-order valence-corrected chi connectivity index (χ3v) is 5.02. The van der Waals surface area contributed by atoms with Gasteiger partial charge in [-0.3, -0.25) is 9.78 Å². The van der Waals surface area contributed by atoms with Crippen molar-refractivity contribution in [2.75, 3.05) is 11.4 Å². The SMILES string of the molecule is CCc1cnc(N2CCc3c(cnc(C)c3-c3noc(CNC(C)=O)n3)C2)nc1. The van der Waals surface area contributed by atoms with Gasteiger partial charge in [-0.15, -0.1) is 0 Å². The molecule has 0 saturated heterocycles. The number of hydrogen-bond donors (Lipinski definition) is 1. The van der Waals surface area contributed by atoms with Crippen LogP contribution >= 0.6 is 0 Å². The molecule has 0 radical (unpaired) electrons. The monoisotopic (exact) mass is 393 g/mol. The van der Waals surface area contributed by atoms with Gasteiger partial charge < -0.3 is 14.7 Å². The third-order valence-electron chi connectivity index (χ3n) is 5.02. The maximum Gasteiger partial charge on any atom is 0.246 e. The zero-order valence-electron chi connectivity index (χ0n) is 16.8. The summed E-state index contributed by atoms with van der Waals surface area (Å²) in [5.74, 6) is 1.46. The Labute approximate surface area is 168 Å². The first-order valence-corrected chi connectivity index (χ1v) is 9.65. The lowest BCUT2D eigenvalue weighted by Gasteiger charge is -2.30. The second kappa shape index (κ2) is 7.94. The summed E-state index contributed by atoms with van der Waals surface area (Å²) in [7, 11) is 0. The van der Waals surface area contributed by atoms with Crippen LogP contribution in [0, 0.1) is 6.92 Å². The van der Waals surface area contributed by atoms with Crippen LogP contribution in [0.3, 0.4) is 0 Å². The summed E-state index contributed by atoms with van der Waals surface area (Å²) in [6, 6.07) is 0. The van der Waals surface area contributed by atoms with Crippen LogP contribution < -0.4 is 10.2 Å². The minimum atomic E-state index is -0.144. The lowest BCUT2D eigenvalue weighted by Crippen LogP contribution is -2.32. The van der Waals surface area contributed by atoms with Crippen LogP contribution in [0.4, 0.5) is 5.95 Å². The molecule has 3 aromatic rings. The van der Waals surface area contributed by atoms with Crippen LogP contribution in [-0.4, -0.2) is 37.5 Å². The highest BCUT2D eigenvalue weighted by atomic mass is 16.5. The molecular weight excluding hydrogens is 370 g/mol. The Balaban J connectivity index is 1.60. The van der Waals surface area contributed by atoms with E-state index in [2.05, 4.69) is 42.2 Å². The lowest BCUT2D eigenvalue weighted by molar-refractivity contribution is -0.119. The molecule has 0 aliphatic carbocycles. The number of aryl methyl sites for hydroxylation is 2. The van der Waals surface area contributed by atoms with Crippen LogP contribution in [0.2, 0.25) is 0 Å². The van der Waals surface area contributed by atoms with Gasteiger partial charge in [0.15, 0.2) is 0 Å².